The van der Waals surface area contributed by atoms with E-state index >= 15 is 0 Å². The second-order valence-electron chi connectivity index (χ2n) is 6.64. The van der Waals surface area contributed by atoms with E-state index in [2.05, 4.69) is 15.3 Å². The van der Waals surface area contributed by atoms with Crippen molar-refractivity contribution in [3.8, 4) is 0 Å². The van der Waals surface area contributed by atoms with E-state index in [-0.39, 0.29) is 24.7 Å². The van der Waals surface area contributed by atoms with Gasteiger partial charge in [0.15, 0.2) is 0 Å². The summed E-state index contributed by atoms with van der Waals surface area (Å²) in [7, 11) is 1.72. The lowest BCUT2D eigenvalue weighted by Crippen LogP contribution is -2.34. The predicted molar refractivity (Wildman–Crippen MR) is 97.2 cm³/mol. The minimum atomic E-state index is -0.0694. The number of aromatic nitrogens is 2. The van der Waals surface area contributed by atoms with Gasteiger partial charge < -0.3 is 15.2 Å². The molecule has 1 aromatic carbocycles. The molecule has 2 amide bonds. The zero-order valence-electron chi connectivity index (χ0n) is 14.3. The van der Waals surface area contributed by atoms with Gasteiger partial charge in [-0.3, -0.25) is 9.59 Å². The molecule has 0 bridgehead atoms. The number of amides is 2. The highest BCUT2D eigenvalue weighted by atomic mass is 35.5. The molecule has 1 aliphatic carbocycles. The molecule has 25 heavy (non-hydrogen) atoms. The smallest absolute Gasteiger partial charge is 0.223 e. The molecule has 6 nitrogen and oxygen atoms in total. The van der Waals surface area contributed by atoms with Crippen LogP contribution in [0.5, 0.6) is 0 Å². The number of hydrogen-bond donors (Lipinski definition) is 2. The van der Waals surface area contributed by atoms with Crippen LogP contribution in [0.15, 0.2) is 18.2 Å². The highest BCUT2D eigenvalue weighted by Crippen LogP contribution is 2.19. The Morgan fingerprint density at radius 2 is 2.08 bits per heavy atom. The van der Waals surface area contributed by atoms with Gasteiger partial charge in [-0.2, -0.15) is 0 Å². The van der Waals surface area contributed by atoms with Crippen LogP contribution < -0.4 is 5.32 Å². The summed E-state index contributed by atoms with van der Waals surface area (Å²) in [5.74, 6) is 0.593. The lowest BCUT2D eigenvalue weighted by Gasteiger charge is -2.16. The van der Waals surface area contributed by atoms with Crippen LogP contribution in [-0.4, -0.2) is 39.8 Å². The van der Waals surface area contributed by atoms with Crippen LogP contribution >= 0.6 is 11.6 Å². The maximum Gasteiger partial charge on any atom is 0.223 e. The van der Waals surface area contributed by atoms with E-state index in [4.69, 9.17) is 11.6 Å². The number of carbonyl (C=O) groups excluding carboxylic acids is 2. The molecule has 3 rings (SSSR count). The van der Waals surface area contributed by atoms with Crippen LogP contribution in [0.2, 0.25) is 5.02 Å². The zero-order chi connectivity index (χ0) is 17.8. The Kier molecular flexibility index (Phi) is 5.58. The molecule has 0 saturated heterocycles. The van der Waals surface area contributed by atoms with Crippen LogP contribution in [0.3, 0.4) is 0 Å². The molecule has 7 heteroatoms. The van der Waals surface area contributed by atoms with Gasteiger partial charge in [0.05, 0.1) is 17.6 Å². The molecule has 0 aliphatic heterocycles. The van der Waals surface area contributed by atoms with E-state index in [0.717, 1.165) is 23.9 Å². The monoisotopic (exact) mass is 362 g/mol. The Morgan fingerprint density at radius 1 is 1.32 bits per heavy atom. The van der Waals surface area contributed by atoms with Crippen molar-refractivity contribution in [2.24, 2.45) is 0 Å². The second-order valence-corrected chi connectivity index (χ2v) is 7.08. The third kappa shape index (κ3) is 4.72. The van der Waals surface area contributed by atoms with E-state index in [1.165, 1.54) is 12.8 Å². The Morgan fingerprint density at radius 3 is 2.84 bits per heavy atom. The molecule has 2 N–H and O–H groups in total. The average molecular weight is 363 g/mol. The van der Waals surface area contributed by atoms with Gasteiger partial charge in [0.25, 0.3) is 0 Å². The van der Waals surface area contributed by atoms with Crippen LogP contribution in [0.25, 0.3) is 11.0 Å². The number of rotatable bonds is 6. The predicted octanol–water partition coefficient (Wildman–Crippen LogP) is 3.01. The van der Waals surface area contributed by atoms with Gasteiger partial charge in [0.1, 0.15) is 5.82 Å². The Balaban J connectivity index is 1.48. The van der Waals surface area contributed by atoms with E-state index in [9.17, 15) is 9.59 Å². The van der Waals surface area contributed by atoms with E-state index in [1.807, 2.05) is 12.1 Å². The fraction of sp³-hybridized carbons (Fsp3) is 0.500. The Bertz CT molecular complexity index is 768. The fourth-order valence-electron chi connectivity index (χ4n) is 3.20. The first-order valence-electron chi connectivity index (χ1n) is 8.69. The number of carbonyl (C=O) groups is 2. The quantitative estimate of drug-likeness (QED) is 0.829. The molecule has 1 aliphatic rings. The van der Waals surface area contributed by atoms with Crippen molar-refractivity contribution in [1.29, 1.82) is 0 Å². The summed E-state index contributed by atoms with van der Waals surface area (Å²) in [6, 6.07) is 5.73. The van der Waals surface area contributed by atoms with Crippen molar-refractivity contribution in [1.82, 2.24) is 20.2 Å². The van der Waals surface area contributed by atoms with Crippen molar-refractivity contribution >= 4 is 34.4 Å². The maximum absolute atomic E-state index is 12.2. The molecule has 0 atom stereocenters. The Hall–Kier alpha value is -2.08. The zero-order valence-corrected chi connectivity index (χ0v) is 15.1. The van der Waals surface area contributed by atoms with Gasteiger partial charge in [-0.15, -0.1) is 0 Å². The van der Waals surface area contributed by atoms with Gasteiger partial charge in [0.2, 0.25) is 11.8 Å². The molecule has 1 aromatic heterocycles. The maximum atomic E-state index is 12.2. The summed E-state index contributed by atoms with van der Waals surface area (Å²) in [5.41, 5.74) is 1.66. The molecule has 1 heterocycles. The summed E-state index contributed by atoms with van der Waals surface area (Å²) in [5, 5.41) is 3.64. The molecule has 0 spiro atoms. The first-order valence-corrected chi connectivity index (χ1v) is 9.06. The Labute approximate surface area is 151 Å². The van der Waals surface area contributed by atoms with Gasteiger partial charge in [0, 0.05) is 31.0 Å². The molecule has 134 valence electrons. The average Bonchev–Trinajstić information content (AvgIpc) is 3.21. The second kappa shape index (κ2) is 7.87. The van der Waals surface area contributed by atoms with Gasteiger partial charge in [-0.25, -0.2) is 4.98 Å². The van der Waals surface area contributed by atoms with Gasteiger partial charge in [-0.1, -0.05) is 24.4 Å². The number of hydrogen-bond acceptors (Lipinski definition) is 3. The van der Waals surface area contributed by atoms with Crippen molar-refractivity contribution in [3.63, 3.8) is 0 Å². The molecule has 0 radical (unpaired) electrons. The summed E-state index contributed by atoms with van der Waals surface area (Å²) in [4.78, 5) is 33.4. The molecule has 0 unspecified atom stereocenters. The number of nitrogens with one attached hydrogen (secondary N) is 2. The van der Waals surface area contributed by atoms with Gasteiger partial charge >= 0.3 is 0 Å². The van der Waals surface area contributed by atoms with Crippen LogP contribution in [0.4, 0.5) is 0 Å². The van der Waals surface area contributed by atoms with Crippen molar-refractivity contribution in [2.75, 3.05) is 7.05 Å². The summed E-state index contributed by atoms with van der Waals surface area (Å²) >= 11 is 5.97. The molecule has 1 saturated carbocycles. The van der Waals surface area contributed by atoms with Crippen LogP contribution in [-0.2, 0) is 16.1 Å². The number of halogens is 1. The lowest BCUT2D eigenvalue weighted by atomic mass is 10.2. The highest BCUT2D eigenvalue weighted by Gasteiger charge is 2.18. The molecule has 2 aromatic rings. The largest absolute Gasteiger partial charge is 0.353 e. The van der Waals surface area contributed by atoms with Crippen LogP contribution in [0, 0.1) is 0 Å². The number of imidazole rings is 1. The number of H-pyrrole nitrogens is 1. The minimum Gasteiger partial charge on any atom is -0.353 e. The van der Waals surface area contributed by atoms with Crippen molar-refractivity contribution in [2.45, 2.75) is 51.1 Å². The summed E-state index contributed by atoms with van der Waals surface area (Å²) in [6.07, 6.45) is 4.90. The van der Waals surface area contributed by atoms with E-state index in [1.54, 1.807) is 18.0 Å². The summed E-state index contributed by atoms with van der Waals surface area (Å²) < 4.78 is 0. The van der Waals surface area contributed by atoms with Crippen molar-refractivity contribution in [3.05, 3.63) is 29.0 Å². The third-order valence-corrected chi connectivity index (χ3v) is 4.83. The fourth-order valence-corrected chi connectivity index (χ4v) is 3.38. The third-order valence-electron chi connectivity index (χ3n) is 4.59. The number of benzene rings is 1. The van der Waals surface area contributed by atoms with Crippen molar-refractivity contribution < 1.29 is 9.59 Å². The number of fused-ring (bicyclic) bond motifs is 1. The number of nitrogens with zero attached hydrogens (tertiary/aromatic N) is 2. The minimum absolute atomic E-state index is 0.0352. The molecular formula is C18H23ClN4O2. The number of aromatic amines is 1. The summed E-state index contributed by atoms with van der Waals surface area (Å²) in [6.45, 7) is 0.370. The standard InChI is InChI=1S/C18H23ClN4O2/c1-23(11-16-21-14-7-6-12(19)10-15(14)22-16)18(25)9-8-17(24)20-13-4-2-3-5-13/h6-7,10,13H,2-5,8-9,11H2,1H3,(H,20,24)(H,21,22). The molecule has 1 fully saturated rings. The lowest BCUT2D eigenvalue weighted by molar-refractivity contribution is -0.133. The normalized spacial score (nSPS) is 14.8. The topological polar surface area (TPSA) is 78.1 Å². The molecular weight excluding hydrogens is 340 g/mol. The van der Waals surface area contributed by atoms with E-state index < -0.39 is 0 Å². The van der Waals surface area contributed by atoms with Crippen LogP contribution in [0.1, 0.15) is 44.3 Å². The highest BCUT2D eigenvalue weighted by molar-refractivity contribution is 6.31. The first-order chi connectivity index (χ1) is 12.0. The SMILES string of the molecule is CN(Cc1nc2ccc(Cl)cc2[nH]1)C(=O)CCC(=O)NC1CCCC1. The van der Waals surface area contributed by atoms with E-state index in [0.29, 0.717) is 23.4 Å². The van der Waals surface area contributed by atoms with Gasteiger partial charge in [-0.05, 0) is 31.0 Å². The first kappa shape index (κ1) is 17.7.